The first-order valence-corrected chi connectivity index (χ1v) is 3.78. The lowest BCUT2D eigenvalue weighted by molar-refractivity contribution is -0.384. The zero-order valence-electron chi connectivity index (χ0n) is 6.73. The smallest absolute Gasteiger partial charge is 0.292 e. The number of phenolic OH excluding ortho intramolecular Hbond substituents is 1. The van der Waals surface area contributed by atoms with Crippen LogP contribution in [-0.2, 0) is 0 Å². The number of halogens is 1. The van der Waals surface area contributed by atoms with Crippen molar-refractivity contribution in [2.45, 2.75) is 0 Å². The van der Waals surface area contributed by atoms with Crippen LogP contribution in [0.5, 0.6) is 5.75 Å². The molecule has 1 aromatic carbocycles. The topological polar surface area (TPSA) is 106 Å². The highest BCUT2D eigenvalue weighted by Gasteiger charge is 2.19. The average molecular weight is 217 g/mol. The molecule has 0 unspecified atom stereocenters. The Hall–Kier alpha value is -1.82. The third kappa shape index (κ3) is 1.74. The van der Waals surface area contributed by atoms with E-state index in [-0.39, 0.29) is 5.56 Å². The Balaban J connectivity index is 3.43. The molecule has 0 aromatic heterocycles. The molecule has 0 aliphatic heterocycles. The van der Waals surface area contributed by atoms with E-state index in [1.807, 2.05) is 0 Å². The van der Waals surface area contributed by atoms with Crippen molar-refractivity contribution in [2.24, 2.45) is 5.73 Å². The molecule has 1 rings (SSSR count). The number of hydrogen-bond acceptors (Lipinski definition) is 4. The minimum Gasteiger partial charge on any atom is -0.506 e. The third-order valence-corrected chi connectivity index (χ3v) is 1.90. The fraction of sp³-hybridized carbons (Fsp3) is 0. The number of nitrogens with zero attached hydrogens (tertiary/aromatic N) is 1. The van der Waals surface area contributed by atoms with E-state index in [1.165, 1.54) is 0 Å². The van der Waals surface area contributed by atoms with Crippen molar-refractivity contribution in [1.82, 2.24) is 0 Å². The first-order valence-electron chi connectivity index (χ1n) is 3.40. The molecule has 7 heteroatoms. The van der Waals surface area contributed by atoms with Gasteiger partial charge in [0.2, 0.25) is 5.91 Å². The fourth-order valence-corrected chi connectivity index (χ4v) is 1.05. The number of nitro benzene ring substituents is 1. The SMILES string of the molecule is NC(=O)c1cc(O)c(Cl)c([N+](=O)[O-])c1. The van der Waals surface area contributed by atoms with Gasteiger partial charge in [-0.3, -0.25) is 14.9 Å². The normalized spacial score (nSPS) is 9.79. The van der Waals surface area contributed by atoms with E-state index in [1.54, 1.807) is 0 Å². The van der Waals surface area contributed by atoms with E-state index in [2.05, 4.69) is 0 Å². The molecule has 0 bridgehead atoms. The van der Waals surface area contributed by atoms with Crippen molar-refractivity contribution in [2.75, 3.05) is 0 Å². The van der Waals surface area contributed by atoms with E-state index < -0.39 is 27.3 Å². The molecule has 3 N–H and O–H groups in total. The Morgan fingerprint density at radius 1 is 1.57 bits per heavy atom. The molecular weight excluding hydrogens is 212 g/mol. The van der Waals surface area contributed by atoms with Crippen LogP contribution < -0.4 is 5.73 Å². The van der Waals surface area contributed by atoms with Gasteiger partial charge in [0.15, 0.2) is 5.02 Å². The van der Waals surface area contributed by atoms with Gasteiger partial charge in [-0.2, -0.15) is 0 Å². The number of amides is 1. The van der Waals surface area contributed by atoms with Crippen LogP contribution in [0.15, 0.2) is 12.1 Å². The van der Waals surface area contributed by atoms with E-state index in [9.17, 15) is 14.9 Å². The Morgan fingerprint density at radius 3 is 2.57 bits per heavy atom. The summed E-state index contributed by atoms with van der Waals surface area (Å²) in [7, 11) is 0. The Bertz CT molecular complexity index is 418. The van der Waals surface area contributed by atoms with Crippen molar-refractivity contribution < 1.29 is 14.8 Å². The van der Waals surface area contributed by atoms with Gasteiger partial charge in [-0.25, -0.2) is 0 Å². The second kappa shape index (κ2) is 3.51. The highest BCUT2D eigenvalue weighted by Crippen LogP contribution is 2.33. The highest BCUT2D eigenvalue weighted by molar-refractivity contribution is 6.34. The summed E-state index contributed by atoms with van der Waals surface area (Å²) in [6.07, 6.45) is 0. The van der Waals surface area contributed by atoms with Gasteiger partial charge in [0.25, 0.3) is 5.69 Å². The van der Waals surface area contributed by atoms with Crippen LogP contribution in [0.3, 0.4) is 0 Å². The number of aromatic hydroxyl groups is 1. The second-order valence-corrected chi connectivity index (χ2v) is 2.83. The Labute approximate surface area is 83.0 Å². The van der Waals surface area contributed by atoms with Crippen LogP contribution >= 0.6 is 11.6 Å². The number of rotatable bonds is 2. The zero-order chi connectivity index (χ0) is 10.9. The summed E-state index contributed by atoms with van der Waals surface area (Å²) in [5.74, 6) is -1.42. The van der Waals surface area contributed by atoms with Crippen molar-refractivity contribution in [1.29, 1.82) is 0 Å². The Morgan fingerprint density at radius 2 is 2.14 bits per heavy atom. The largest absolute Gasteiger partial charge is 0.506 e. The summed E-state index contributed by atoms with van der Waals surface area (Å²) in [5.41, 5.74) is 4.16. The molecule has 0 heterocycles. The first kappa shape index (κ1) is 10.3. The molecule has 0 aliphatic carbocycles. The molecule has 14 heavy (non-hydrogen) atoms. The molecule has 74 valence electrons. The van der Waals surface area contributed by atoms with Crippen molar-refractivity contribution in [3.63, 3.8) is 0 Å². The predicted octanol–water partition coefficient (Wildman–Crippen LogP) is 1.05. The lowest BCUT2D eigenvalue weighted by Crippen LogP contribution is -2.11. The number of carbonyl (C=O) groups excluding carboxylic acids is 1. The number of primary amides is 1. The molecule has 0 radical (unpaired) electrons. The first-order chi connectivity index (χ1) is 6.43. The zero-order valence-corrected chi connectivity index (χ0v) is 7.49. The fourth-order valence-electron chi connectivity index (χ4n) is 0.869. The highest BCUT2D eigenvalue weighted by atomic mass is 35.5. The number of nitrogens with two attached hydrogens (primary N) is 1. The molecule has 0 saturated heterocycles. The molecule has 1 amide bonds. The quantitative estimate of drug-likeness (QED) is 0.569. The molecular formula is C7H5ClN2O4. The monoisotopic (exact) mass is 216 g/mol. The molecule has 0 atom stereocenters. The molecule has 1 aromatic rings. The maximum absolute atomic E-state index is 10.7. The summed E-state index contributed by atoms with van der Waals surface area (Å²) in [6, 6.07) is 1.88. The van der Waals surface area contributed by atoms with E-state index >= 15 is 0 Å². The van der Waals surface area contributed by atoms with Gasteiger partial charge in [-0.1, -0.05) is 11.6 Å². The van der Waals surface area contributed by atoms with Crippen molar-refractivity contribution >= 4 is 23.2 Å². The van der Waals surface area contributed by atoms with E-state index in [0.29, 0.717) is 0 Å². The van der Waals surface area contributed by atoms with Gasteiger partial charge in [0.1, 0.15) is 5.75 Å². The summed E-state index contributed by atoms with van der Waals surface area (Å²) in [5, 5.41) is 19.1. The number of carbonyl (C=O) groups is 1. The predicted molar refractivity (Wildman–Crippen MR) is 48.3 cm³/mol. The van der Waals surface area contributed by atoms with E-state index in [4.69, 9.17) is 22.4 Å². The minimum absolute atomic E-state index is 0.168. The van der Waals surface area contributed by atoms with Gasteiger partial charge < -0.3 is 10.8 Å². The van der Waals surface area contributed by atoms with Gasteiger partial charge in [0, 0.05) is 11.6 Å². The van der Waals surface area contributed by atoms with Gasteiger partial charge >= 0.3 is 0 Å². The number of nitro groups is 1. The number of phenols is 1. The van der Waals surface area contributed by atoms with Crippen LogP contribution in [0.2, 0.25) is 5.02 Å². The Kier molecular flexibility index (Phi) is 2.57. The standard InChI is InChI=1S/C7H5ClN2O4/c8-6-4(10(13)14)1-3(7(9)12)2-5(6)11/h1-2,11H,(H2,9,12). The minimum atomic E-state index is -0.875. The maximum Gasteiger partial charge on any atom is 0.292 e. The summed E-state index contributed by atoms with van der Waals surface area (Å²) in [4.78, 5) is 20.3. The number of hydrogen-bond donors (Lipinski definition) is 2. The molecule has 0 fully saturated rings. The van der Waals surface area contributed by atoms with Crippen LogP contribution in [0.25, 0.3) is 0 Å². The van der Waals surface area contributed by atoms with Crippen LogP contribution in [0.4, 0.5) is 5.69 Å². The van der Waals surface area contributed by atoms with Crippen LogP contribution in [0, 0.1) is 10.1 Å². The molecule has 0 spiro atoms. The summed E-state index contributed by atoms with van der Waals surface area (Å²) < 4.78 is 0. The van der Waals surface area contributed by atoms with E-state index in [0.717, 1.165) is 12.1 Å². The molecule has 0 aliphatic rings. The molecule has 0 saturated carbocycles. The van der Waals surface area contributed by atoms with Gasteiger partial charge in [0.05, 0.1) is 4.92 Å². The van der Waals surface area contributed by atoms with Gasteiger partial charge in [-0.15, -0.1) is 0 Å². The van der Waals surface area contributed by atoms with Crippen molar-refractivity contribution in [3.8, 4) is 5.75 Å². The lowest BCUT2D eigenvalue weighted by atomic mass is 10.2. The summed E-state index contributed by atoms with van der Waals surface area (Å²) >= 11 is 5.42. The second-order valence-electron chi connectivity index (χ2n) is 2.45. The number of benzene rings is 1. The average Bonchev–Trinajstić information content (AvgIpc) is 2.08. The maximum atomic E-state index is 10.7. The summed E-state index contributed by atoms with van der Waals surface area (Å²) in [6.45, 7) is 0. The third-order valence-electron chi connectivity index (χ3n) is 1.52. The lowest BCUT2D eigenvalue weighted by Gasteiger charge is -2.00. The van der Waals surface area contributed by atoms with Gasteiger partial charge in [-0.05, 0) is 6.07 Å². The molecule has 6 nitrogen and oxygen atoms in total. The van der Waals surface area contributed by atoms with Crippen LogP contribution in [0.1, 0.15) is 10.4 Å². The van der Waals surface area contributed by atoms with Crippen LogP contribution in [-0.4, -0.2) is 15.9 Å². The van der Waals surface area contributed by atoms with Crippen molar-refractivity contribution in [3.05, 3.63) is 32.8 Å².